The minimum Gasteiger partial charge on any atom is -0.469 e. The number of hydrogen-bond acceptors (Lipinski definition) is 3. The van der Waals surface area contributed by atoms with Crippen molar-refractivity contribution in [3.8, 4) is 0 Å². The molecule has 0 bridgehead atoms. The zero-order valence-corrected chi connectivity index (χ0v) is 11.5. The van der Waals surface area contributed by atoms with Crippen LogP contribution >= 0.6 is 0 Å². The first-order valence-corrected chi connectivity index (χ1v) is 6.28. The van der Waals surface area contributed by atoms with Crippen molar-refractivity contribution in [3.63, 3.8) is 0 Å². The van der Waals surface area contributed by atoms with E-state index in [1.54, 1.807) is 19.3 Å². The standard InChI is InChI=1S/C15H19FN2O/c1-10(17)15-13(16)5-4-6-14(15)18(3)9-12-7-8-19-11(12)2/h4-8,10H,9,17H2,1-3H3/t10-/m0/s1. The summed E-state index contributed by atoms with van der Waals surface area (Å²) in [5, 5.41) is 0. The first kappa shape index (κ1) is 13.6. The van der Waals surface area contributed by atoms with Crippen LogP contribution < -0.4 is 10.6 Å². The predicted molar refractivity (Wildman–Crippen MR) is 74.6 cm³/mol. The maximum absolute atomic E-state index is 13.9. The Balaban J connectivity index is 2.31. The van der Waals surface area contributed by atoms with Crippen molar-refractivity contribution in [2.24, 2.45) is 5.73 Å². The van der Waals surface area contributed by atoms with Crippen molar-refractivity contribution in [1.29, 1.82) is 0 Å². The van der Waals surface area contributed by atoms with Gasteiger partial charge in [0.05, 0.1) is 6.26 Å². The van der Waals surface area contributed by atoms with E-state index in [2.05, 4.69) is 0 Å². The fraction of sp³-hybridized carbons (Fsp3) is 0.333. The van der Waals surface area contributed by atoms with Crippen molar-refractivity contribution in [2.75, 3.05) is 11.9 Å². The molecular formula is C15H19FN2O. The third kappa shape index (κ3) is 2.79. The molecule has 1 aromatic heterocycles. The number of halogens is 1. The molecule has 102 valence electrons. The Hall–Kier alpha value is -1.81. The summed E-state index contributed by atoms with van der Waals surface area (Å²) >= 11 is 0. The van der Waals surface area contributed by atoms with E-state index in [1.165, 1.54) is 6.07 Å². The highest BCUT2D eigenvalue weighted by Gasteiger charge is 2.16. The van der Waals surface area contributed by atoms with Gasteiger partial charge in [0.1, 0.15) is 11.6 Å². The van der Waals surface area contributed by atoms with Crippen LogP contribution in [0.5, 0.6) is 0 Å². The second-order valence-electron chi connectivity index (χ2n) is 4.82. The lowest BCUT2D eigenvalue weighted by molar-refractivity contribution is 0.529. The number of rotatable bonds is 4. The topological polar surface area (TPSA) is 42.4 Å². The summed E-state index contributed by atoms with van der Waals surface area (Å²) in [6.45, 7) is 4.37. The molecule has 19 heavy (non-hydrogen) atoms. The number of aryl methyl sites for hydroxylation is 1. The highest BCUT2D eigenvalue weighted by Crippen LogP contribution is 2.28. The molecule has 0 unspecified atom stereocenters. The van der Waals surface area contributed by atoms with Gasteiger partial charge >= 0.3 is 0 Å². The van der Waals surface area contributed by atoms with Crippen LogP contribution in [0.3, 0.4) is 0 Å². The number of furan rings is 1. The van der Waals surface area contributed by atoms with Crippen LogP contribution in [0.25, 0.3) is 0 Å². The van der Waals surface area contributed by atoms with Crippen molar-refractivity contribution < 1.29 is 8.81 Å². The Labute approximate surface area is 112 Å². The summed E-state index contributed by atoms with van der Waals surface area (Å²) < 4.78 is 19.2. The molecule has 0 aliphatic heterocycles. The summed E-state index contributed by atoms with van der Waals surface area (Å²) in [5.74, 6) is 0.619. The quantitative estimate of drug-likeness (QED) is 0.918. The van der Waals surface area contributed by atoms with E-state index in [4.69, 9.17) is 10.2 Å². The lowest BCUT2D eigenvalue weighted by atomic mass is 10.0. The van der Waals surface area contributed by atoms with Gasteiger partial charge in [-0.15, -0.1) is 0 Å². The molecule has 0 amide bonds. The van der Waals surface area contributed by atoms with Crippen LogP contribution in [0.4, 0.5) is 10.1 Å². The third-order valence-electron chi connectivity index (χ3n) is 3.27. The molecule has 0 saturated carbocycles. The minimum absolute atomic E-state index is 0.261. The number of benzene rings is 1. The van der Waals surface area contributed by atoms with Crippen LogP contribution in [0, 0.1) is 12.7 Å². The zero-order chi connectivity index (χ0) is 14.0. The van der Waals surface area contributed by atoms with Gasteiger partial charge in [0, 0.05) is 36.4 Å². The van der Waals surface area contributed by atoms with Crippen molar-refractivity contribution >= 4 is 5.69 Å². The molecule has 2 aromatic rings. The van der Waals surface area contributed by atoms with Crippen molar-refractivity contribution in [2.45, 2.75) is 26.4 Å². The molecule has 1 atom stereocenters. The fourth-order valence-corrected chi connectivity index (χ4v) is 2.23. The first-order valence-electron chi connectivity index (χ1n) is 6.28. The molecule has 4 heteroatoms. The van der Waals surface area contributed by atoms with Crippen LogP contribution in [0.15, 0.2) is 34.9 Å². The number of hydrogen-bond donors (Lipinski definition) is 1. The monoisotopic (exact) mass is 262 g/mol. The summed E-state index contributed by atoms with van der Waals surface area (Å²) in [6.07, 6.45) is 1.66. The normalized spacial score (nSPS) is 12.5. The lowest BCUT2D eigenvalue weighted by Crippen LogP contribution is -2.21. The van der Waals surface area contributed by atoms with Crippen molar-refractivity contribution in [3.05, 3.63) is 53.2 Å². The van der Waals surface area contributed by atoms with E-state index in [0.29, 0.717) is 12.1 Å². The summed E-state index contributed by atoms with van der Waals surface area (Å²) in [4.78, 5) is 1.99. The second kappa shape index (κ2) is 5.45. The van der Waals surface area contributed by atoms with Crippen LogP contribution in [-0.2, 0) is 6.54 Å². The zero-order valence-electron chi connectivity index (χ0n) is 11.5. The minimum atomic E-state index is -0.343. The molecule has 0 saturated heterocycles. The fourth-order valence-electron chi connectivity index (χ4n) is 2.23. The number of nitrogens with zero attached hydrogens (tertiary/aromatic N) is 1. The smallest absolute Gasteiger partial charge is 0.130 e. The number of anilines is 1. The largest absolute Gasteiger partial charge is 0.469 e. The average Bonchev–Trinajstić information content (AvgIpc) is 2.74. The highest BCUT2D eigenvalue weighted by atomic mass is 19.1. The van der Waals surface area contributed by atoms with Gasteiger partial charge in [-0.1, -0.05) is 6.07 Å². The van der Waals surface area contributed by atoms with Gasteiger partial charge in [-0.2, -0.15) is 0 Å². The molecule has 0 aliphatic rings. The summed E-state index contributed by atoms with van der Waals surface area (Å²) in [5.41, 5.74) is 8.32. The molecule has 3 nitrogen and oxygen atoms in total. The summed E-state index contributed by atoms with van der Waals surface area (Å²) in [6, 6.07) is 6.62. The Morgan fingerprint density at radius 3 is 2.68 bits per heavy atom. The second-order valence-corrected chi connectivity index (χ2v) is 4.82. The maximum atomic E-state index is 13.9. The van der Waals surface area contributed by atoms with Gasteiger partial charge < -0.3 is 15.1 Å². The highest BCUT2D eigenvalue weighted by molar-refractivity contribution is 5.55. The molecule has 2 rings (SSSR count). The van der Waals surface area contributed by atoms with E-state index < -0.39 is 0 Å². The van der Waals surface area contributed by atoms with Crippen molar-refractivity contribution in [1.82, 2.24) is 0 Å². The van der Waals surface area contributed by atoms with Gasteiger partial charge in [-0.05, 0) is 32.0 Å². The van der Waals surface area contributed by atoms with E-state index in [0.717, 1.165) is 17.0 Å². The molecule has 2 N–H and O–H groups in total. The van der Waals surface area contributed by atoms with E-state index in [9.17, 15) is 4.39 Å². The third-order valence-corrected chi connectivity index (χ3v) is 3.27. The van der Waals surface area contributed by atoms with Crippen LogP contribution in [0.1, 0.15) is 29.9 Å². The van der Waals surface area contributed by atoms with Gasteiger partial charge in [-0.25, -0.2) is 4.39 Å². The number of nitrogens with two attached hydrogens (primary N) is 1. The Morgan fingerprint density at radius 2 is 2.11 bits per heavy atom. The van der Waals surface area contributed by atoms with Gasteiger partial charge in [0.15, 0.2) is 0 Å². The first-order chi connectivity index (χ1) is 9.00. The van der Waals surface area contributed by atoms with Gasteiger partial charge in [-0.3, -0.25) is 0 Å². The van der Waals surface area contributed by atoms with E-state index in [1.807, 2.05) is 31.0 Å². The average molecular weight is 262 g/mol. The van der Waals surface area contributed by atoms with Crippen LogP contribution in [-0.4, -0.2) is 7.05 Å². The molecule has 0 aliphatic carbocycles. The predicted octanol–water partition coefficient (Wildman–Crippen LogP) is 3.38. The lowest BCUT2D eigenvalue weighted by Gasteiger charge is -2.24. The SMILES string of the molecule is Cc1occc1CN(C)c1cccc(F)c1[C@H](C)N. The molecule has 1 aromatic carbocycles. The molecule has 0 spiro atoms. The molecule has 0 radical (unpaired) electrons. The Morgan fingerprint density at radius 1 is 1.37 bits per heavy atom. The molecular weight excluding hydrogens is 243 g/mol. The van der Waals surface area contributed by atoms with Crippen LogP contribution in [0.2, 0.25) is 0 Å². The van der Waals surface area contributed by atoms with Gasteiger partial charge in [0.25, 0.3) is 0 Å². The maximum Gasteiger partial charge on any atom is 0.130 e. The van der Waals surface area contributed by atoms with E-state index >= 15 is 0 Å². The van der Waals surface area contributed by atoms with E-state index in [-0.39, 0.29) is 11.9 Å². The summed E-state index contributed by atoms with van der Waals surface area (Å²) in [7, 11) is 1.92. The Bertz CT molecular complexity index is 563. The van der Waals surface area contributed by atoms with Gasteiger partial charge in [0.2, 0.25) is 0 Å². The molecule has 1 heterocycles. The Kier molecular flexibility index (Phi) is 3.90. The molecule has 0 fully saturated rings.